The Balaban J connectivity index is 2.23. The summed E-state index contributed by atoms with van der Waals surface area (Å²) in [5.74, 6) is 0. The van der Waals surface area contributed by atoms with Gasteiger partial charge in [0.05, 0.1) is 6.61 Å². The number of nitrogens with one attached hydrogen (secondary N) is 1. The van der Waals surface area contributed by atoms with Gasteiger partial charge in [-0.1, -0.05) is 6.92 Å². The van der Waals surface area contributed by atoms with E-state index in [1.807, 2.05) is 6.92 Å². The topological polar surface area (TPSA) is 36.7 Å². The first-order valence-corrected chi connectivity index (χ1v) is 3.46. The van der Waals surface area contributed by atoms with Crippen molar-refractivity contribution in [3.05, 3.63) is 5.21 Å². The highest BCUT2D eigenvalue weighted by molar-refractivity contribution is 4.55. The van der Waals surface area contributed by atoms with Gasteiger partial charge in [-0.15, -0.1) is 0 Å². The third-order valence-electron chi connectivity index (χ3n) is 1.65. The molecule has 54 valence electrons. The zero-order valence-electron chi connectivity index (χ0n) is 5.72. The lowest BCUT2D eigenvalue weighted by molar-refractivity contribution is -0.861. The Morgan fingerprint density at radius 1 is 1.78 bits per heavy atom. The molecule has 1 saturated heterocycles. The van der Waals surface area contributed by atoms with Crippen LogP contribution in [-0.4, -0.2) is 25.8 Å². The molecular weight excluding hydrogens is 118 g/mol. The van der Waals surface area contributed by atoms with Crippen LogP contribution in [0.15, 0.2) is 0 Å². The first kappa shape index (κ1) is 6.99. The largest absolute Gasteiger partial charge is 0.634 e. The first-order chi connectivity index (χ1) is 4.33. The molecule has 3 nitrogen and oxygen atoms in total. The van der Waals surface area contributed by atoms with Crippen LogP contribution < -0.4 is 5.06 Å². The Morgan fingerprint density at radius 2 is 2.56 bits per heavy atom. The molecule has 1 aliphatic rings. The van der Waals surface area contributed by atoms with E-state index in [4.69, 9.17) is 4.74 Å². The zero-order valence-corrected chi connectivity index (χ0v) is 5.72. The standard InChI is InChI=1S/C6H13NO2/c1-2-6-5-7(8)3-4-9-6/h6-7H,2-5H2,1H3. The highest BCUT2D eigenvalue weighted by atomic mass is 16.5. The second-order valence-electron chi connectivity index (χ2n) is 2.39. The van der Waals surface area contributed by atoms with E-state index >= 15 is 0 Å². The molecule has 0 amide bonds. The number of hydrogen-bond donors (Lipinski definition) is 1. The molecule has 1 N–H and O–H groups in total. The van der Waals surface area contributed by atoms with Gasteiger partial charge in [0, 0.05) is 0 Å². The zero-order chi connectivity index (χ0) is 6.69. The number of rotatable bonds is 1. The van der Waals surface area contributed by atoms with Crippen molar-refractivity contribution >= 4 is 0 Å². The smallest absolute Gasteiger partial charge is 0.107 e. The molecule has 0 spiro atoms. The van der Waals surface area contributed by atoms with Gasteiger partial charge < -0.3 is 15.0 Å². The van der Waals surface area contributed by atoms with Crippen molar-refractivity contribution < 1.29 is 9.80 Å². The second-order valence-corrected chi connectivity index (χ2v) is 2.39. The van der Waals surface area contributed by atoms with E-state index in [0.717, 1.165) is 6.42 Å². The highest BCUT2D eigenvalue weighted by Crippen LogP contribution is 1.95. The Kier molecular flexibility index (Phi) is 2.45. The molecule has 0 aromatic carbocycles. The molecule has 2 atom stereocenters. The predicted octanol–water partition coefficient (Wildman–Crippen LogP) is -0.822. The Labute approximate surface area is 55.2 Å². The summed E-state index contributed by atoms with van der Waals surface area (Å²) in [6.45, 7) is 3.94. The average molecular weight is 131 g/mol. The fourth-order valence-corrected chi connectivity index (χ4v) is 1.02. The third-order valence-corrected chi connectivity index (χ3v) is 1.65. The first-order valence-electron chi connectivity index (χ1n) is 3.46. The van der Waals surface area contributed by atoms with E-state index in [-0.39, 0.29) is 6.10 Å². The summed E-state index contributed by atoms with van der Waals surface area (Å²) in [5.41, 5.74) is 0. The van der Waals surface area contributed by atoms with Crippen LogP contribution in [0.2, 0.25) is 0 Å². The third kappa shape index (κ3) is 1.93. The Bertz CT molecular complexity index is 87.1. The molecule has 0 saturated carbocycles. The van der Waals surface area contributed by atoms with Crippen molar-refractivity contribution in [1.29, 1.82) is 0 Å². The molecule has 9 heavy (non-hydrogen) atoms. The van der Waals surface area contributed by atoms with E-state index in [0.29, 0.717) is 24.8 Å². The van der Waals surface area contributed by atoms with Crippen LogP contribution in [0.25, 0.3) is 0 Å². The molecule has 2 unspecified atom stereocenters. The van der Waals surface area contributed by atoms with Crippen LogP contribution in [0.5, 0.6) is 0 Å². The number of morpholine rings is 1. The summed E-state index contributed by atoms with van der Waals surface area (Å²) in [6, 6.07) is 0. The molecule has 1 aliphatic heterocycles. The van der Waals surface area contributed by atoms with E-state index in [9.17, 15) is 5.21 Å². The highest BCUT2D eigenvalue weighted by Gasteiger charge is 2.15. The van der Waals surface area contributed by atoms with Crippen molar-refractivity contribution in [2.24, 2.45) is 0 Å². The maximum atomic E-state index is 10.8. The van der Waals surface area contributed by atoms with Gasteiger partial charge in [-0.3, -0.25) is 0 Å². The van der Waals surface area contributed by atoms with Crippen molar-refractivity contribution in [3.8, 4) is 0 Å². The number of hydrogen-bond acceptors (Lipinski definition) is 2. The van der Waals surface area contributed by atoms with Crippen molar-refractivity contribution in [2.75, 3.05) is 19.7 Å². The van der Waals surface area contributed by atoms with Crippen LogP contribution in [0.4, 0.5) is 0 Å². The van der Waals surface area contributed by atoms with Gasteiger partial charge in [-0.05, 0) is 6.42 Å². The molecule has 3 heteroatoms. The predicted molar refractivity (Wildman–Crippen MR) is 34.1 cm³/mol. The van der Waals surface area contributed by atoms with Crippen molar-refractivity contribution in [2.45, 2.75) is 19.4 Å². The molecule has 0 aliphatic carbocycles. The fraction of sp³-hybridized carbons (Fsp3) is 1.00. The lowest BCUT2D eigenvalue weighted by Gasteiger charge is -2.31. The van der Waals surface area contributed by atoms with Gasteiger partial charge in [0.25, 0.3) is 0 Å². The van der Waals surface area contributed by atoms with Crippen LogP contribution in [0, 0.1) is 5.21 Å². The quantitative estimate of drug-likeness (QED) is 0.472. The summed E-state index contributed by atoms with van der Waals surface area (Å²) >= 11 is 0. The monoisotopic (exact) mass is 131 g/mol. The van der Waals surface area contributed by atoms with E-state index in [1.165, 1.54) is 0 Å². The molecule has 1 heterocycles. The minimum atomic E-state index is 0.214. The minimum absolute atomic E-state index is 0.214. The molecule has 0 radical (unpaired) electrons. The lowest BCUT2D eigenvalue weighted by atomic mass is 10.2. The number of ether oxygens (including phenoxy) is 1. The summed E-state index contributed by atoms with van der Waals surface area (Å²) in [6.07, 6.45) is 1.18. The summed E-state index contributed by atoms with van der Waals surface area (Å²) in [4.78, 5) is 0. The SMILES string of the molecule is CCC1C[NH+]([O-])CCO1. The fourth-order valence-electron chi connectivity index (χ4n) is 1.02. The second kappa shape index (κ2) is 3.15. The van der Waals surface area contributed by atoms with Crippen molar-refractivity contribution in [3.63, 3.8) is 0 Å². The van der Waals surface area contributed by atoms with Crippen LogP contribution in [0.1, 0.15) is 13.3 Å². The summed E-state index contributed by atoms with van der Waals surface area (Å²) in [7, 11) is 0. The van der Waals surface area contributed by atoms with Crippen LogP contribution in [-0.2, 0) is 4.74 Å². The Morgan fingerprint density at radius 3 is 3.00 bits per heavy atom. The van der Waals surface area contributed by atoms with E-state index in [1.54, 1.807) is 0 Å². The van der Waals surface area contributed by atoms with Crippen LogP contribution >= 0.6 is 0 Å². The lowest BCUT2D eigenvalue weighted by Crippen LogP contribution is -3.10. The van der Waals surface area contributed by atoms with Gasteiger partial charge >= 0.3 is 0 Å². The maximum absolute atomic E-state index is 10.8. The molecule has 1 fully saturated rings. The van der Waals surface area contributed by atoms with Gasteiger partial charge in [0.15, 0.2) is 0 Å². The normalized spacial score (nSPS) is 36.7. The molecule has 1 rings (SSSR count). The van der Waals surface area contributed by atoms with Gasteiger partial charge in [-0.25, -0.2) is 0 Å². The summed E-state index contributed by atoms with van der Waals surface area (Å²) < 4.78 is 5.28. The molecule has 0 aromatic rings. The van der Waals surface area contributed by atoms with Gasteiger partial charge in [0.1, 0.15) is 19.2 Å². The van der Waals surface area contributed by atoms with Crippen molar-refractivity contribution in [1.82, 2.24) is 0 Å². The van der Waals surface area contributed by atoms with Gasteiger partial charge in [0.2, 0.25) is 0 Å². The molecule has 0 bridgehead atoms. The molecular formula is C6H13NO2. The minimum Gasteiger partial charge on any atom is -0.634 e. The van der Waals surface area contributed by atoms with E-state index in [2.05, 4.69) is 0 Å². The van der Waals surface area contributed by atoms with Crippen LogP contribution in [0.3, 0.4) is 0 Å². The molecule has 0 aromatic heterocycles. The average Bonchev–Trinajstić information content (AvgIpc) is 1.88. The number of quaternary nitrogens is 1. The Hall–Kier alpha value is -0.120. The maximum Gasteiger partial charge on any atom is 0.107 e. The number of hydroxylamine groups is 2. The van der Waals surface area contributed by atoms with E-state index < -0.39 is 0 Å². The van der Waals surface area contributed by atoms with Gasteiger partial charge in [-0.2, -0.15) is 0 Å². The summed E-state index contributed by atoms with van der Waals surface area (Å²) in [5, 5.41) is 11.1.